The van der Waals surface area contributed by atoms with Crippen LogP contribution in [0.4, 0.5) is 5.13 Å². The molecule has 0 aliphatic rings. The summed E-state index contributed by atoms with van der Waals surface area (Å²) >= 11 is 7.48. The molecule has 0 saturated heterocycles. The number of aromatic nitrogens is 2. The Bertz CT molecular complexity index is 1200. The Balaban J connectivity index is 1.77. The van der Waals surface area contributed by atoms with Crippen LogP contribution >= 0.6 is 22.9 Å². The molecule has 1 N–H and O–H groups in total. The second kappa shape index (κ2) is 11.5. The third kappa shape index (κ3) is 6.54. The van der Waals surface area contributed by atoms with E-state index in [9.17, 15) is 10.1 Å². The molecular formula is C24H23ClN4O3S. The minimum absolute atomic E-state index is 0.0662. The fourth-order valence-corrected chi connectivity index (χ4v) is 3.70. The largest absolute Gasteiger partial charge is 0.490 e. The molecule has 0 fully saturated rings. The summed E-state index contributed by atoms with van der Waals surface area (Å²) in [6.07, 6.45) is 1.49. The van der Waals surface area contributed by atoms with Gasteiger partial charge in [0.15, 0.2) is 11.5 Å². The molecule has 0 bridgehead atoms. The zero-order valence-corrected chi connectivity index (χ0v) is 20.0. The molecular weight excluding hydrogens is 460 g/mol. The number of carbonyl (C=O) groups excluding carboxylic acids is 1. The lowest BCUT2D eigenvalue weighted by molar-refractivity contribution is -0.112. The van der Waals surface area contributed by atoms with Crippen LogP contribution in [0.2, 0.25) is 5.02 Å². The molecule has 1 heterocycles. The van der Waals surface area contributed by atoms with Gasteiger partial charge in [0.05, 0.1) is 6.61 Å². The fraction of sp³-hybridized carbons (Fsp3) is 0.250. The number of anilines is 1. The van der Waals surface area contributed by atoms with Crippen molar-refractivity contribution < 1.29 is 14.3 Å². The van der Waals surface area contributed by atoms with Crippen molar-refractivity contribution in [3.05, 3.63) is 69.2 Å². The maximum Gasteiger partial charge on any atom is 0.268 e. The van der Waals surface area contributed by atoms with E-state index in [2.05, 4.69) is 15.5 Å². The molecule has 0 spiro atoms. The second-order valence-corrected chi connectivity index (χ2v) is 8.66. The summed E-state index contributed by atoms with van der Waals surface area (Å²) in [5.41, 5.74) is 1.41. The summed E-state index contributed by atoms with van der Waals surface area (Å²) in [6, 6.07) is 14.6. The van der Waals surface area contributed by atoms with Gasteiger partial charge in [-0.05, 0) is 36.8 Å². The van der Waals surface area contributed by atoms with Gasteiger partial charge in [0, 0.05) is 16.5 Å². The molecule has 0 saturated carbocycles. The van der Waals surface area contributed by atoms with E-state index in [1.807, 2.05) is 45.0 Å². The van der Waals surface area contributed by atoms with Gasteiger partial charge in [-0.15, -0.1) is 10.2 Å². The maximum absolute atomic E-state index is 12.6. The van der Waals surface area contributed by atoms with Crippen molar-refractivity contribution in [1.29, 1.82) is 5.26 Å². The Hall–Kier alpha value is -3.41. The Morgan fingerprint density at radius 1 is 1.21 bits per heavy atom. The maximum atomic E-state index is 12.6. The van der Waals surface area contributed by atoms with Crippen molar-refractivity contribution in [1.82, 2.24) is 10.2 Å². The molecule has 0 radical (unpaired) electrons. The Kier molecular flexibility index (Phi) is 8.41. The molecule has 0 aliphatic heterocycles. The predicted octanol–water partition coefficient (Wildman–Crippen LogP) is 5.84. The Morgan fingerprint density at radius 2 is 2.00 bits per heavy atom. The topological polar surface area (TPSA) is 97.1 Å². The number of carbonyl (C=O) groups is 1. The number of benzene rings is 2. The molecule has 0 atom stereocenters. The molecule has 3 aromatic rings. The molecule has 2 aromatic carbocycles. The van der Waals surface area contributed by atoms with E-state index in [4.69, 9.17) is 21.1 Å². The number of halogens is 1. The zero-order chi connectivity index (χ0) is 23.8. The monoisotopic (exact) mass is 482 g/mol. The predicted molar refractivity (Wildman–Crippen MR) is 130 cm³/mol. The summed E-state index contributed by atoms with van der Waals surface area (Å²) in [5, 5.41) is 21.9. The summed E-state index contributed by atoms with van der Waals surface area (Å²) in [4.78, 5) is 12.6. The van der Waals surface area contributed by atoms with Crippen LogP contribution in [0.5, 0.6) is 11.5 Å². The summed E-state index contributed by atoms with van der Waals surface area (Å²) in [5.74, 6) is 0.685. The molecule has 33 heavy (non-hydrogen) atoms. The van der Waals surface area contributed by atoms with E-state index in [0.29, 0.717) is 33.8 Å². The average Bonchev–Trinajstić information content (AvgIpc) is 3.27. The number of amides is 1. The van der Waals surface area contributed by atoms with E-state index in [1.54, 1.807) is 24.3 Å². The smallest absolute Gasteiger partial charge is 0.268 e. The number of hydrogen-bond acceptors (Lipinski definition) is 7. The number of hydrogen-bond donors (Lipinski definition) is 1. The second-order valence-electron chi connectivity index (χ2n) is 7.24. The number of nitrogens with zero attached hydrogens (tertiary/aromatic N) is 3. The lowest BCUT2D eigenvalue weighted by Crippen LogP contribution is -2.13. The summed E-state index contributed by atoms with van der Waals surface area (Å²) in [7, 11) is 0. The van der Waals surface area contributed by atoms with Crippen LogP contribution in [-0.4, -0.2) is 22.7 Å². The lowest BCUT2D eigenvalue weighted by Gasteiger charge is -2.13. The fourth-order valence-electron chi connectivity index (χ4n) is 2.77. The van der Waals surface area contributed by atoms with Crippen LogP contribution < -0.4 is 14.8 Å². The van der Waals surface area contributed by atoms with Gasteiger partial charge in [-0.25, -0.2) is 0 Å². The molecule has 0 aliphatic carbocycles. The Morgan fingerprint density at radius 3 is 2.67 bits per heavy atom. The van der Waals surface area contributed by atoms with Crippen molar-refractivity contribution in [3.8, 4) is 17.6 Å². The molecule has 9 heteroatoms. The standard InChI is InChI=1S/C24H23ClN4O3S/c1-4-31-21-12-16(9-10-20(21)32-14-17-7-5-6-8-19(17)25)11-18(13-26)22(30)27-24-29-28-23(33-24)15(2)3/h5-12,15H,4,14H2,1-3H3,(H,27,29,30)/b18-11-. The van der Waals surface area contributed by atoms with Crippen LogP contribution in [0.25, 0.3) is 6.08 Å². The van der Waals surface area contributed by atoms with Gasteiger partial charge in [0.2, 0.25) is 5.13 Å². The minimum atomic E-state index is -0.555. The Labute approximate surface area is 201 Å². The van der Waals surface area contributed by atoms with Gasteiger partial charge in [-0.3, -0.25) is 10.1 Å². The van der Waals surface area contributed by atoms with E-state index in [1.165, 1.54) is 17.4 Å². The number of nitriles is 1. The highest BCUT2D eigenvalue weighted by Crippen LogP contribution is 2.31. The van der Waals surface area contributed by atoms with Crippen molar-refractivity contribution in [2.24, 2.45) is 0 Å². The average molecular weight is 483 g/mol. The number of rotatable bonds is 9. The van der Waals surface area contributed by atoms with E-state index in [0.717, 1.165) is 10.6 Å². The summed E-state index contributed by atoms with van der Waals surface area (Å²) < 4.78 is 11.6. The first-order valence-electron chi connectivity index (χ1n) is 10.3. The van der Waals surface area contributed by atoms with Gasteiger partial charge >= 0.3 is 0 Å². The van der Waals surface area contributed by atoms with Gasteiger partial charge in [-0.2, -0.15) is 5.26 Å². The van der Waals surface area contributed by atoms with E-state index < -0.39 is 5.91 Å². The molecule has 7 nitrogen and oxygen atoms in total. The van der Waals surface area contributed by atoms with Gasteiger partial charge in [-0.1, -0.05) is 61.1 Å². The molecule has 170 valence electrons. The SMILES string of the molecule is CCOc1cc(/C=C(/C#N)C(=O)Nc2nnc(C(C)C)s2)ccc1OCc1ccccc1Cl. The van der Waals surface area contributed by atoms with E-state index >= 15 is 0 Å². The highest BCUT2D eigenvalue weighted by atomic mass is 35.5. The van der Waals surface area contributed by atoms with Crippen LogP contribution in [0.1, 0.15) is 42.8 Å². The van der Waals surface area contributed by atoms with Gasteiger partial charge in [0.1, 0.15) is 23.3 Å². The first-order valence-corrected chi connectivity index (χ1v) is 11.5. The third-order valence-electron chi connectivity index (χ3n) is 4.44. The van der Waals surface area contributed by atoms with Crippen molar-refractivity contribution in [2.75, 3.05) is 11.9 Å². The van der Waals surface area contributed by atoms with Crippen molar-refractivity contribution in [2.45, 2.75) is 33.3 Å². The molecule has 0 unspecified atom stereocenters. The molecule has 3 rings (SSSR count). The zero-order valence-electron chi connectivity index (χ0n) is 18.5. The highest BCUT2D eigenvalue weighted by Gasteiger charge is 2.15. The van der Waals surface area contributed by atoms with Crippen LogP contribution in [0.15, 0.2) is 48.0 Å². The van der Waals surface area contributed by atoms with Crippen LogP contribution in [-0.2, 0) is 11.4 Å². The first-order chi connectivity index (χ1) is 15.9. The number of nitrogens with one attached hydrogen (secondary N) is 1. The molecule has 1 amide bonds. The number of ether oxygens (including phenoxy) is 2. The minimum Gasteiger partial charge on any atom is -0.490 e. The van der Waals surface area contributed by atoms with Crippen molar-refractivity contribution in [3.63, 3.8) is 0 Å². The van der Waals surface area contributed by atoms with Crippen LogP contribution in [0.3, 0.4) is 0 Å². The van der Waals surface area contributed by atoms with Crippen molar-refractivity contribution >= 4 is 40.1 Å². The third-order valence-corrected chi connectivity index (χ3v) is 5.95. The van der Waals surface area contributed by atoms with Gasteiger partial charge < -0.3 is 9.47 Å². The normalized spacial score (nSPS) is 11.2. The van der Waals surface area contributed by atoms with Gasteiger partial charge in [0.25, 0.3) is 5.91 Å². The summed E-state index contributed by atoms with van der Waals surface area (Å²) in [6.45, 7) is 6.55. The first kappa shape index (κ1) is 24.2. The van der Waals surface area contributed by atoms with E-state index in [-0.39, 0.29) is 18.1 Å². The lowest BCUT2D eigenvalue weighted by atomic mass is 10.1. The molecule has 1 aromatic heterocycles. The highest BCUT2D eigenvalue weighted by molar-refractivity contribution is 7.15. The van der Waals surface area contributed by atoms with Crippen LogP contribution in [0, 0.1) is 11.3 Å². The quantitative estimate of drug-likeness (QED) is 0.304.